The summed E-state index contributed by atoms with van der Waals surface area (Å²) in [7, 11) is 4.71. The minimum atomic E-state index is -0.749. The van der Waals surface area contributed by atoms with Gasteiger partial charge in [0.25, 0.3) is 0 Å². The third kappa shape index (κ3) is 22.7. The Morgan fingerprint density at radius 3 is 1.19 bits per heavy atom. The van der Waals surface area contributed by atoms with Crippen molar-refractivity contribution in [3.05, 3.63) is 0 Å². The van der Waals surface area contributed by atoms with Gasteiger partial charge in [-0.15, -0.1) is 0 Å². The highest BCUT2D eigenvalue weighted by molar-refractivity contribution is 9.09. The van der Waals surface area contributed by atoms with E-state index in [2.05, 4.69) is 63.1 Å². The molecule has 0 aliphatic carbocycles. The molecule has 7 heteroatoms. The maximum absolute atomic E-state index is 6.46. The SMILES string of the molecule is CCCCOC(CCCCSSSCCCCC(OCCCC)[SiH](CCC)CCC)[SiH](CCC)CCC. The third-order valence-corrected chi connectivity index (χ3v) is 20.2. The molecule has 37 heavy (non-hydrogen) atoms. The normalized spacial score (nSPS) is 13.6. The summed E-state index contributed by atoms with van der Waals surface area (Å²) >= 11 is 0. The summed E-state index contributed by atoms with van der Waals surface area (Å²) in [6, 6.07) is 5.88. The Balaban J connectivity index is 4.07. The number of ether oxygens (including phenoxy) is 2. The van der Waals surface area contributed by atoms with Gasteiger partial charge in [-0.25, -0.2) is 0 Å². The lowest BCUT2D eigenvalue weighted by Gasteiger charge is -2.26. The Hall–Kier alpha value is 1.40. The highest BCUT2D eigenvalue weighted by Gasteiger charge is 2.23. The van der Waals surface area contributed by atoms with Crippen LogP contribution in [-0.2, 0) is 9.47 Å². The van der Waals surface area contributed by atoms with Gasteiger partial charge in [0.05, 0.1) is 17.6 Å². The molecule has 0 aromatic heterocycles. The van der Waals surface area contributed by atoms with Gasteiger partial charge in [-0.2, -0.15) is 0 Å². The van der Waals surface area contributed by atoms with Crippen molar-refractivity contribution < 1.29 is 9.47 Å². The van der Waals surface area contributed by atoms with E-state index < -0.39 is 17.6 Å². The lowest BCUT2D eigenvalue weighted by Crippen LogP contribution is -2.33. The highest BCUT2D eigenvalue weighted by Crippen LogP contribution is 2.36. The van der Waals surface area contributed by atoms with Crippen LogP contribution in [0, 0.1) is 0 Å². The van der Waals surface area contributed by atoms with E-state index >= 15 is 0 Å². The molecule has 0 aromatic carbocycles. The second-order valence-corrected chi connectivity index (χ2v) is 22.2. The van der Waals surface area contributed by atoms with Crippen LogP contribution >= 0.6 is 31.4 Å². The van der Waals surface area contributed by atoms with E-state index in [1.807, 2.05) is 9.83 Å². The van der Waals surface area contributed by atoms with Crippen molar-refractivity contribution in [2.75, 3.05) is 24.7 Å². The Morgan fingerprint density at radius 2 is 0.865 bits per heavy atom. The molecule has 0 aliphatic heterocycles. The van der Waals surface area contributed by atoms with Crippen molar-refractivity contribution in [3.8, 4) is 0 Å². The predicted octanol–water partition coefficient (Wildman–Crippen LogP) is 10.9. The van der Waals surface area contributed by atoms with Crippen LogP contribution in [0.1, 0.15) is 131 Å². The Kier molecular flexibility index (Phi) is 31.5. The van der Waals surface area contributed by atoms with E-state index in [0.29, 0.717) is 11.5 Å². The zero-order valence-electron chi connectivity index (χ0n) is 25.9. The largest absolute Gasteiger partial charge is 0.382 e. The fourth-order valence-electron chi connectivity index (χ4n) is 5.30. The third-order valence-electron chi connectivity index (χ3n) is 7.38. The lowest BCUT2D eigenvalue weighted by molar-refractivity contribution is 0.0915. The molecular weight excluding hydrogens is 545 g/mol. The van der Waals surface area contributed by atoms with Crippen molar-refractivity contribution in [2.45, 2.75) is 167 Å². The fraction of sp³-hybridized carbons (Fsp3) is 1.00. The standard InChI is InChI=1S/C30H66O2S3Si2/c1-7-13-21-31-29(36(25-9-3)26-10-4)19-15-17-23-33-35-34-24-18-16-20-30(32-22-14-8-2)37(27-11-5)28-12-6/h29-30,36-37H,7-28H2,1-6H3. The first-order valence-electron chi connectivity index (χ1n) is 16.3. The molecule has 0 aromatic rings. The average Bonchev–Trinajstić information content (AvgIpc) is 2.89. The van der Waals surface area contributed by atoms with Crippen molar-refractivity contribution in [1.29, 1.82) is 0 Å². The van der Waals surface area contributed by atoms with Crippen LogP contribution in [-0.4, -0.2) is 53.8 Å². The average molecular weight is 611 g/mol. The quantitative estimate of drug-likeness (QED) is 0.0456. The summed E-state index contributed by atoms with van der Waals surface area (Å²) in [6.07, 6.45) is 18.4. The molecule has 0 amide bonds. The molecule has 0 saturated heterocycles. The molecule has 0 bridgehead atoms. The molecule has 0 fully saturated rings. The van der Waals surface area contributed by atoms with Gasteiger partial charge in [0, 0.05) is 36.2 Å². The first kappa shape index (κ1) is 38.4. The molecule has 224 valence electrons. The number of hydrogen-bond acceptors (Lipinski definition) is 5. The predicted molar refractivity (Wildman–Crippen MR) is 184 cm³/mol. The Morgan fingerprint density at radius 1 is 0.486 bits per heavy atom. The number of hydrogen-bond donors (Lipinski definition) is 0. The second-order valence-electron chi connectivity index (χ2n) is 10.9. The molecule has 0 rings (SSSR count). The van der Waals surface area contributed by atoms with E-state index in [4.69, 9.17) is 9.47 Å². The van der Waals surface area contributed by atoms with Crippen molar-refractivity contribution in [2.24, 2.45) is 0 Å². The number of rotatable bonds is 30. The first-order valence-corrected chi connectivity index (χ1v) is 24.7. The number of unbranched alkanes of at least 4 members (excludes halogenated alkanes) is 4. The summed E-state index contributed by atoms with van der Waals surface area (Å²) < 4.78 is 12.9. The van der Waals surface area contributed by atoms with Gasteiger partial charge in [0.1, 0.15) is 0 Å². The van der Waals surface area contributed by atoms with Crippen LogP contribution in [0.25, 0.3) is 0 Å². The molecule has 0 spiro atoms. The summed E-state index contributed by atoms with van der Waals surface area (Å²) in [6.45, 7) is 16.0. The van der Waals surface area contributed by atoms with E-state index in [1.165, 1.54) is 126 Å². The molecule has 0 aliphatic rings. The topological polar surface area (TPSA) is 18.5 Å². The van der Waals surface area contributed by atoms with Crippen LogP contribution in [0.2, 0.25) is 24.2 Å². The minimum Gasteiger partial charge on any atom is -0.382 e. The second kappa shape index (κ2) is 30.4. The lowest BCUT2D eigenvalue weighted by atomic mass is 10.2. The molecule has 2 unspecified atom stereocenters. The smallest absolute Gasteiger partial charge is 0.0716 e. The molecule has 0 radical (unpaired) electrons. The zero-order chi connectivity index (χ0) is 27.4. The van der Waals surface area contributed by atoms with Gasteiger partial charge in [0.15, 0.2) is 0 Å². The van der Waals surface area contributed by atoms with Crippen LogP contribution in [0.4, 0.5) is 0 Å². The molecular formula is C30H66O2S3Si2. The summed E-state index contributed by atoms with van der Waals surface area (Å²) in [5.41, 5.74) is 1.26. The van der Waals surface area contributed by atoms with Crippen LogP contribution in [0.5, 0.6) is 0 Å². The van der Waals surface area contributed by atoms with E-state index in [0.717, 1.165) is 13.2 Å². The van der Waals surface area contributed by atoms with E-state index in [-0.39, 0.29) is 0 Å². The Bertz CT molecular complexity index is 399. The molecule has 0 heterocycles. The van der Waals surface area contributed by atoms with Gasteiger partial charge in [0.2, 0.25) is 0 Å². The highest BCUT2D eigenvalue weighted by atomic mass is 33.5. The molecule has 0 N–H and O–H groups in total. The molecule has 2 atom stereocenters. The summed E-state index contributed by atoms with van der Waals surface area (Å²) in [4.78, 5) is 0. The van der Waals surface area contributed by atoms with E-state index in [9.17, 15) is 0 Å². The van der Waals surface area contributed by atoms with Gasteiger partial charge >= 0.3 is 0 Å². The van der Waals surface area contributed by atoms with E-state index in [1.54, 1.807) is 0 Å². The van der Waals surface area contributed by atoms with Gasteiger partial charge < -0.3 is 9.47 Å². The first-order chi connectivity index (χ1) is 18.2. The van der Waals surface area contributed by atoms with Gasteiger partial charge in [-0.05, 0) is 48.4 Å². The summed E-state index contributed by atoms with van der Waals surface area (Å²) in [5, 5.41) is 0. The fourth-order valence-corrected chi connectivity index (χ4v) is 16.6. The molecule has 0 saturated carbocycles. The Labute approximate surface area is 249 Å². The van der Waals surface area contributed by atoms with Crippen molar-refractivity contribution in [1.82, 2.24) is 0 Å². The van der Waals surface area contributed by atoms with Crippen LogP contribution in [0.15, 0.2) is 0 Å². The van der Waals surface area contributed by atoms with Gasteiger partial charge in [-0.1, -0.05) is 139 Å². The molecule has 2 nitrogen and oxygen atoms in total. The maximum Gasteiger partial charge on any atom is 0.0716 e. The minimum absolute atomic E-state index is 0.630. The summed E-state index contributed by atoms with van der Waals surface area (Å²) in [5.74, 6) is 2.59. The zero-order valence-corrected chi connectivity index (χ0v) is 30.7. The van der Waals surface area contributed by atoms with Gasteiger partial charge in [-0.3, -0.25) is 0 Å². The van der Waals surface area contributed by atoms with Crippen molar-refractivity contribution >= 4 is 49.0 Å². The monoisotopic (exact) mass is 610 g/mol. The maximum atomic E-state index is 6.46. The van der Waals surface area contributed by atoms with Crippen molar-refractivity contribution in [3.63, 3.8) is 0 Å². The van der Waals surface area contributed by atoms with Crippen LogP contribution < -0.4 is 0 Å². The van der Waals surface area contributed by atoms with Crippen LogP contribution in [0.3, 0.4) is 0 Å².